The van der Waals surface area contributed by atoms with Crippen molar-refractivity contribution in [1.82, 2.24) is 0 Å². The number of benzene rings is 3. The molecule has 1 aliphatic rings. The lowest BCUT2D eigenvalue weighted by Crippen LogP contribution is -2.16. The van der Waals surface area contributed by atoms with E-state index in [4.69, 9.17) is 18.9 Å². The minimum atomic E-state index is -3.95. The Morgan fingerprint density at radius 3 is 2.53 bits per heavy atom. The van der Waals surface area contributed by atoms with E-state index in [-0.39, 0.29) is 17.3 Å². The number of hydrogen-bond acceptors (Lipinski definition) is 7. The second kappa shape index (κ2) is 8.67. The summed E-state index contributed by atoms with van der Waals surface area (Å²) in [4.78, 5) is 12.7. The van der Waals surface area contributed by atoms with Crippen LogP contribution in [0.3, 0.4) is 0 Å². The van der Waals surface area contributed by atoms with Crippen molar-refractivity contribution in [1.29, 1.82) is 0 Å². The van der Waals surface area contributed by atoms with Gasteiger partial charge in [0.05, 0.1) is 30.5 Å². The van der Waals surface area contributed by atoms with Crippen LogP contribution >= 0.6 is 0 Å². The van der Waals surface area contributed by atoms with Crippen molar-refractivity contribution >= 4 is 27.3 Å². The summed E-state index contributed by atoms with van der Waals surface area (Å²) < 4.78 is 49.1. The third-order valence-corrected chi connectivity index (χ3v) is 6.07. The van der Waals surface area contributed by atoms with Gasteiger partial charge in [-0.25, -0.2) is 8.42 Å². The maximum absolute atomic E-state index is 12.9. The lowest BCUT2D eigenvalue weighted by atomic mass is 10.2. The second-order valence-corrected chi connectivity index (χ2v) is 8.40. The third-order valence-electron chi connectivity index (χ3n) is 4.69. The SMILES string of the molecule is COc1ccc(NC(=O)c2cccc(S(=O)(=O)Nc3ccc4c(c3)OCO4)c2)c(OC)c1. The smallest absolute Gasteiger partial charge is 0.261 e. The van der Waals surface area contributed by atoms with E-state index in [0.717, 1.165) is 0 Å². The number of amides is 1. The Morgan fingerprint density at radius 1 is 0.938 bits per heavy atom. The molecule has 3 aromatic rings. The molecular weight excluding hydrogens is 436 g/mol. The summed E-state index contributed by atoms with van der Waals surface area (Å²) in [6.45, 7) is 0.0850. The molecule has 0 aliphatic carbocycles. The Kier molecular flexibility index (Phi) is 5.78. The normalized spacial score (nSPS) is 12.2. The first-order chi connectivity index (χ1) is 15.4. The van der Waals surface area contributed by atoms with E-state index in [9.17, 15) is 13.2 Å². The molecule has 0 saturated carbocycles. The fourth-order valence-electron chi connectivity index (χ4n) is 3.07. The van der Waals surface area contributed by atoms with Crippen LogP contribution in [0, 0.1) is 0 Å². The molecule has 10 heteroatoms. The van der Waals surface area contributed by atoms with Gasteiger partial charge in [0, 0.05) is 17.7 Å². The number of carbonyl (C=O) groups is 1. The number of sulfonamides is 1. The van der Waals surface area contributed by atoms with Crippen molar-refractivity contribution in [3.8, 4) is 23.0 Å². The molecule has 1 aliphatic heterocycles. The molecule has 4 rings (SSSR count). The van der Waals surface area contributed by atoms with Gasteiger partial charge in [0.2, 0.25) is 6.79 Å². The van der Waals surface area contributed by atoms with Crippen molar-refractivity contribution in [2.45, 2.75) is 4.90 Å². The lowest BCUT2D eigenvalue weighted by molar-refractivity contribution is 0.102. The molecule has 0 spiro atoms. The van der Waals surface area contributed by atoms with Crippen LogP contribution in [0.5, 0.6) is 23.0 Å². The highest BCUT2D eigenvalue weighted by Gasteiger charge is 2.20. The molecule has 1 heterocycles. The van der Waals surface area contributed by atoms with Crippen LogP contribution in [0.25, 0.3) is 0 Å². The fraction of sp³-hybridized carbons (Fsp3) is 0.136. The lowest BCUT2D eigenvalue weighted by Gasteiger charge is -2.13. The Bertz CT molecular complexity index is 1280. The van der Waals surface area contributed by atoms with Crippen LogP contribution < -0.4 is 29.0 Å². The highest BCUT2D eigenvalue weighted by molar-refractivity contribution is 7.92. The van der Waals surface area contributed by atoms with Gasteiger partial charge < -0.3 is 24.3 Å². The highest BCUT2D eigenvalue weighted by atomic mass is 32.2. The minimum absolute atomic E-state index is 0.0653. The van der Waals surface area contributed by atoms with Crippen LogP contribution in [-0.2, 0) is 10.0 Å². The summed E-state index contributed by atoms with van der Waals surface area (Å²) in [5, 5.41) is 2.72. The Hall–Kier alpha value is -3.92. The quantitative estimate of drug-likeness (QED) is 0.560. The minimum Gasteiger partial charge on any atom is -0.497 e. The monoisotopic (exact) mass is 456 g/mol. The van der Waals surface area contributed by atoms with Gasteiger partial charge in [0.1, 0.15) is 11.5 Å². The van der Waals surface area contributed by atoms with E-state index < -0.39 is 15.9 Å². The van der Waals surface area contributed by atoms with Crippen molar-refractivity contribution in [2.75, 3.05) is 31.1 Å². The highest BCUT2D eigenvalue weighted by Crippen LogP contribution is 2.35. The standard InChI is InChI=1S/C22H20N2O7S/c1-28-16-7-8-18(20(12-16)29-2)23-22(25)14-4-3-5-17(10-14)32(26,27)24-15-6-9-19-21(11-15)31-13-30-19/h3-12,24H,13H2,1-2H3,(H,23,25). The Morgan fingerprint density at radius 2 is 1.75 bits per heavy atom. The molecule has 3 aromatic carbocycles. The largest absolute Gasteiger partial charge is 0.497 e. The van der Waals surface area contributed by atoms with Gasteiger partial charge in [-0.3, -0.25) is 9.52 Å². The first kappa shape index (κ1) is 21.3. The molecule has 0 unspecified atom stereocenters. The first-order valence-corrected chi connectivity index (χ1v) is 10.9. The van der Waals surface area contributed by atoms with Crippen LogP contribution in [0.1, 0.15) is 10.4 Å². The number of nitrogens with one attached hydrogen (secondary N) is 2. The molecule has 0 aromatic heterocycles. The summed E-state index contributed by atoms with van der Waals surface area (Å²) in [5.41, 5.74) is 0.897. The second-order valence-electron chi connectivity index (χ2n) is 6.72. The van der Waals surface area contributed by atoms with E-state index in [0.29, 0.717) is 34.4 Å². The molecular formula is C22H20N2O7S. The Balaban J connectivity index is 1.54. The van der Waals surface area contributed by atoms with Gasteiger partial charge in [-0.1, -0.05) is 6.07 Å². The van der Waals surface area contributed by atoms with E-state index in [2.05, 4.69) is 10.0 Å². The number of rotatable bonds is 7. The average Bonchev–Trinajstić information content (AvgIpc) is 3.27. The van der Waals surface area contributed by atoms with Crippen LogP contribution in [0.4, 0.5) is 11.4 Å². The summed E-state index contributed by atoms with van der Waals surface area (Å²) in [6.07, 6.45) is 0. The molecule has 9 nitrogen and oxygen atoms in total. The van der Waals surface area contributed by atoms with Gasteiger partial charge in [-0.05, 0) is 42.5 Å². The van der Waals surface area contributed by atoms with E-state index in [1.165, 1.54) is 44.6 Å². The number of anilines is 2. The zero-order valence-electron chi connectivity index (χ0n) is 17.2. The molecule has 166 valence electrons. The summed E-state index contributed by atoms with van der Waals surface area (Å²) in [6, 6.07) is 15.4. The average molecular weight is 456 g/mol. The summed E-state index contributed by atoms with van der Waals surface area (Å²) in [7, 11) is -0.953. The fourth-order valence-corrected chi connectivity index (χ4v) is 4.17. The zero-order valence-corrected chi connectivity index (χ0v) is 18.1. The number of ether oxygens (including phenoxy) is 4. The third kappa shape index (κ3) is 4.40. The predicted octanol–water partition coefficient (Wildman–Crippen LogP) is 3.49. The summed E-state index contributed by atoms with van der Waals surface area (Å²) in [5.74, 6) is 1.48. The molecule has 2 N–H and O–H groups in total. The van der Waals surface area contributed by atoms with Gasteiger partial charge in [-0.2, -0.15) is 0 Å². The molecule has 32 heavy (non-hydrogen) atoms. The van der Waals surface area contributed by atoms with Gasteiger partial charge >= 0.3 is 0 Å². The first-order valence-electron chi connectivity index (χ1n) is 9.45. The number of methoxy groups -OCH3 is 2. The van der Waals surface area contributed by atoms with Crippen molar-refractivity contribution in [2.24, 2.45) is 0 Å². The number of carbonyl (C=O) groups excluding carboxylic acids is 1. The van der Waals surface area contributed by atoms with Crippen molar-refractivity contribution < 1.29 is 32.2 Å². The zero-order chi connectivity index (χ0) is 22.7. The van der Waals surface area contributed by atoms with E-state index in [1.807, 2.05) is 0 Å². The van der Waals surface area contributed by atoms with Crippen LogP contribution in [-0.4, -0.2) is 35.3 Å². The molecule has 0 radical (unpaired) electrons. The van der Waals surface area contributed by atoms with Gasteiger partial charge in [0.25, 0.3) is 15.9 Å². The topological polar surface area (TPSA) is 112 Å². The van der Waals surface area contributed by atoms with Crippen LogP contribution in [0.2, 0.25) is 0 Å². The van der Waals surface area contributed by atoms with Gasteiger partial charge in [0.15, 0.2) is 11.5 Å². The van der Waals surface area contributed by atoms with Crippen molar-refractivity contribution in [3.05, 3.63) is 66.2 Å². The molecule has 0 fully saturated rings. The van der Waals surface area contributed by atoms with E-state index >= 15 is 0 Å². The predicted molar refractivity (Wildman–Crippen MR) is 117 cm³/mol. The number of hydrogen-bond donors (Lipinski definition) is 2. The van der Waals surface area contributed by atoms with Gasteiger partial charge in [-0.15, -0.1) is 0 Å². The number of fused-ring (bicyclic) bond motifs is 1. The molecule has 0 bridgehead atoms. The van der Waals surface area contributed by atoms with Crippen LogP contribution in [0.15, 0.2) is 65.6 Å². The molecule has 1 amide bonds. The maximum Gasteiger partial charge on any atom is 0.261 e. The molecule has 0 saturated heterocycles. The summed E-state index contributed by atoms with van der Waals surface area (Å²) >= 11 is 0. The van der Waals surface area contributed by atoms with E-state index in [1.54, 1.807) is 30.3 Å². The van der Waals surface area contributed by atoms with Crippen molar-refractivity contribution in [3.63, 3.8) is 0 Å². The Labute approximate surface area is 184 Å². The maximum atomic E-state index is 12.9. The molecule has 0 atom stereocenters.